The first-order valence-electron chi connectivity index (χ1n) is 9.60. The molecule has 1 N–H and O–H groups in total. The summed E-state index contributed by atoms with van der Waals surface area (Å²) >= 11 is 2.79. The number of imidazole rings is 1. The second kappa shape index (κ2) is 9.16. The summed E-state index contributed by atoms with van der Waals surface area (Å²) < 4.78 is 2.18. The minimum atomic E-state index is -0.356. The summed E-state index contributed by atoms with van der Waals surface area (Å²) in [4.78, 5) is 17.5. The van der Waals surface area contributed by atoms with Gasteiger partial charge in [-0.15, -0.1) is 11.3 Å². The Morgan fingerprint density at radius 1 is 1.20 bits per heavy atom. The zero-order valence-corrected chi connectivity index (χ0v) is 18.0. The first-order chi connectivity index (χ1) is 14.7. The van der Waals surface area contributed by atoms with Gasteiger partial charge in [0.25, 0.3) is 0 Å². The van der Waals surface area contributed by atoms with Gasteiger partial charge in [-0.2, -0.15) is 5.26 Å². The van der Waals surface area contributed by atoms with Gasteiger partial charge >= 0.3 is 0 Å². The van der Waals surface area contributed by atoms with E-state index < -0.39 is 0 Å². The molecule has 4 rings (SSSR count). The first kappa shape index (κ1) is 20.2. The number of thiophene rings is 1. The van der Waals surface area contributed by atoms with Gasteiger partial charge in [0.1, 0.15) is 11.1 Å². The van der Waals surface area contributed by atoms with Crippen LogP contribution in [0.4, 0.5) is 5.00 Å². The summed E-state index contributed by atoms with van der Waals surface area (Å²) in [6, 6.07) is 22.2. The van der Waals surface area contributed by atoms with E-state index in [1.807, 2.05) is 43.3 Å². The smallest absolute Gasteiger partial charge is 0.238 e. The number of carbonyl (C=O) groups excluding carboxylic acids is 1. The average molecular weight is 433 g/mol. The normalized spacial score (nSPS) is 11.9. The van der Waals surface area contributed by atoms with E-state index in [0.29, 0.717) is 10.6 Å². The van der Waals surface area contributed by atoms with Crippen LogP contribution in [0.25, 0.3) is 11.0 Å². The third-order valence-electron chi connectivity index (χ3n) is 4.76. The predicted octanol–water partition coefficient (Wildman–Crippen LogP) is 5.33. The molecular formula is C23H20N4OS2. The van der Waals surface area contributed by atoms with Crippen molar-refractivity contribution in [2.75, 3.05) is 5.32 Å². The zero-order chi connectivity index (χ0) is 20.9. The molecule has 0 fully saturated rings. The topological polar surface area (TPSA) is 70.7 Å². The number of para-hydroxylation sites is 2. The van der Waals surface area contributed by atoms with Crippen molar-refractivity contribution in [3.8, 4) is 6.07 Å². The van der Waals surface area contributed by atoms with Crippen molar-refractivity contribution >= 4 is 45.0 Å². The number of thioether (sulfide) groups is 1. The second-order valence-electron chi connectivity index (χ2n) is 6.79. The number of rotatable bonds is 7. The lowest BCUT2D eigenvalue weighted by Gasteiger charge is -2.13. The molecule has 1 unspecified atom stereocenters. The lowest BCUT2D eigenvalue weighted by atomic mass is 10.1. The average Bonchev–Trinajstić information content (AvgIpc) is 3.36. The molecule has 0 bridgehead atoms. The summed E-state index contributed by atoms with van der Waals surface area (Å²) in [5.74, 6) is -0.138. The lowest BCUT2D eigenvalue weighted by molar-refractivity contribution is -0.115. The highest BCUT2D eigenvalue weighted by atomic mass is 32.2. The standard InChI is InChI=1S/C23H20N4OS2/c1-16(21(28)26-22-18(15-24)12-14-29-22)30-23-25-19-9-5-6-10-20(19)27(23)13-11-17-7-3-2-4-8-17/h2-10,12,14,16H,11,13H2,1H3,(H,26,28). The molecule has 5 nitrogen and oxygen atoms in total. The molecule has 2 heterocycles. The van der Waals surface area contributed by atoms with Crippen molar-refractivity contribution in [3.05, 3.63) is 77.2 Å². The van der Waals surface area contributed by atoms with E-state index in [4.69, 9.17) is 10.2 Å². The minimum Gasteiger partial charge on any atom is -0.319 e. The highest BCUT2D eigenvalue weighted by Gasteiger charge is 2.20. The number of benzene rings is 2. The van der Waals surface area contributed by atoms with E-state index in [1.165, 1.54) is 28.7 Å². The van der Waals surface area contributed by atoms with Gasteiger partial charge in [-0.25, -0.2) is 4.98 Å². The van der Waals surface area contributed by atoms with Gasteiger partial charge in [-0.3, -0.25) is 4.79 Å². The maximum atomic E-state index is 12.7. The summed E-state index contributed by atoms with van der Waals surface area (Å²) in [7, 11) is 0. The lowest BCUT2D eigenvalue weighted by Crippen LogP contribution is -2.22. The SMILES string of the molecule is CC(Sc1nc2ccccc2n1CCc1ccccc1)C(=O)Nc1sccc1C#N. The first-order valence-corrected chi connectivity index (χ1v) is 11.4. The number of amides is 1. The van der Waals surface area contributed by atoms with Crippen LogP contribution < -0.4 is 5.32 Å². The zero-order valence-electron chi connectivity index (χ0n) is 16.4. The Balaban J connectivity index is 1.54. The fraction of sp³-hybridized carbons (Fsp3) is 0.174. The summed E-state index contributed by atoms with van der Waals surface area (Å²) in [5, 5.41) is 14.9. The van der Waals surface area contributed by atoms with Gasteiger partial charge in [0, 0.05) is 6.54 Å². The van der Waals surface area contributed by atoms with Crippen LogP contribution in [-0.4, -0.2) is 20.7 Å². The molecule has 0 aliphatic heterocycles. The predicted molar refractivity (Wildman–Crippen MR) is 123 cm³/mol. The Hall–Kier alpha value is -3.08. The number of aryl methyl sites for hydroxylation is 2. The Kier molecular flexibility index (Phi) is 6.17. The molecule has 2 aromatic heterocycles. The van der Waals surface area contributed by atoms with Crippen molar-refractivity contribution in [1.29, 1.82) is 5.26 Å². The number of hydrogen-bond donors (Lipinski definition) is 1. The Bertz CT molecular complexity index is 1210. The molecule has 0 aliphatic rings. The molecule has 1 amide bonds. The molecule has 150 valence electrons. The molecule has 30 heavy (non-hydrogen) atoms. The van der Waals surface area contributed by atoms with Crippen molar-refractivity contribution in [3.63, 3.8) is 0 Å². The monoisotopic (exact) mass is 432 g/mol. The van der Waals surface area contributed by atoms with Gasteiger partial charge in [0.2, 0.25) is 5.91 Å². The molecule has 0 saturated carbocycles. The van der Waals surface area contributed by atoms with Gasteiger partial charge < -0.3 is 9.88 Å². The number of nitrogens with one attached hydrogen (secondary N) is 1. The molecule has 0 radical (unpaired) electrons. The van der Waals surface area contributed by atoms with Crippen LogP contribution in [0.5, 0.6) is 0 Å². The molecular weight excluding hydrogens is 412 g/mol. The number of aromatic nitrogens is 2. The molecule has 4 aromatic rings. The van der Waals surface area contributed by atoms with Gasteiger partial charge in [-0.05, 0) is 42.5 Å². The van der Waals surface area contributed by atoms with Crippen molar-refractivity contribution in [2.45, 2.75) is 30.3 Å². The number of anilines is 1. The number of carbonyl (C=O) groups is 1. The molecule has 7 heteroatoms. The van der Waals surface area contributed by atoms with Gasteiger partial charge in [-0.1, -0.05) is 54.2 Å². The van der Waals surface area contributed by atoms with E-state index in [0.717, 1.165) is 29.2 Å². The fourth-order valence-electron chi connectivity index (χ4n) is 3.16. The molecule has 0 spiro atoms. The van der Waals surface area contributed by atoms with Gasteiger partial charge in [0.15, 0.2) is 5.16 Å². The molecule has 1 atom stereocenters. The molecule has 0 aliphatic carbocycles. The highest BCUT2D eigenvalue weighted by molar-refractivity contribution is 8.00. The quantitative estimate of drug-likeness (QED) is 0.401. The third-order valence-corrected chi connectivity index (χ3v) is 6.68. The largest absolute Gasteiger partial charge is 0.319 e. The Morgan fingerprint density at radius 3 is 2.77 bits per heavy atom. The number of hydrogen-bond acceptors (Lipinski definition) is 5. The summed E-state index contributed by atoms with van der Waals surface area (Å²) in [5.41, 5.74) is 3.73. The van der Waals surface area contributed by atoms with E-state index in [-0.39, 0.29) is 11.2 Å². The van der Waals surface area contributed by atoms with Crippen LogP contribution in [0.2, 0.25) is 0 Å². The summed E-state index contributed by atoms with van der Waals surface area (Å²) in [6.07, 6.45) is 0.885. The fourth-order valence-corrected chi connectivity index (χ4v) is 4.85. The van der Waals surface area contributed by atoms with Crippen LogP contribution >= 0.6 is 23.1 Å². The highest BCUT2D eigenvalue weighted by Crippen LogP contribution is 2.29. The summed E-state index contributed by atoms with van der Waals surface area (Å²) in [6.45, 7) is 2.64. The number of nitrogens with zero attached hydrogens (tertiary/aromatic N) is 3. The maximum absolute atomic E-state index is 12.7. The van der Waals surface area contributed by atoms with Crippen molar-refractivity contribution in [1.82, 2.24) is 9.55 Å². The molecule has 0 saturated heterocycles. The Labute approximate surface area is 183 Å². The van der Waals surface area contributed by atoms with Crippen LogP contribution in [0.15, 0.2) is 71.2 Å². The van der Waals surface area contributed by atoms with E-state index in [2.05, 4.69) is 34.2 Å². The molecule has 2 aromatic carbocycles. The Morgan fingerprint density at radius 2 is 1.97 bits per heavy atom. The second-order valence-corrected chi connectivity index (χ2v) is 9.02. The van der Waals surface area contributed by atoms with Crippen molar-refractivity contribution in [2.24, 2.45) is 0 Å². The van der Waals surface area contributed by atoms with E-state index in [1.54, 1.807) is 11.4 Å². The number of fused-ring (bicyclic) bond motifs is 1. The minimum absolute atomic E-state index is 0.138. The maximum Gasteiger partial charge on any atom is 0.238 e. The van der Waals surface area contributed by atoms with Gasteiger partial charge in [0.05, 0.1) is 21.8 Å². The number of nitriles is 1. The third kappa shape index (κ3) is 4.40. The van der Waals surface area contributed by atoms with Crippen LogP contribution in [0.1, 0.15) is 18.1 Å². The van der Waals surface area contributed by atoms with E-state index in [9.17, 15) is 4.79 Å². The van der Waals surface area contributed by atoms with Crippen LogP contribution in [0, 0.1) is 11.3 Å². The van der Waals surface area contributed by atoms with Crippen molar-refractivity contribution < 1.29 is 4.79 Å². The van der Waals surface area contributed by atoms with E-state index >= 15 is 0 Å². The van der Waals surface area contributed by atoms with Crippen LogP contribution in [-0.2, 0) is 17.8 Å². The van der Waals surface area contributed by atoms with Crippen LogP contribution in [0.3, 0.4) is 0 Å².